The van der Waals surface area contributed by atoms with Gasteiger partial charge in [0.2, 0.25) is 0 Å². The Kier molecular flexibility index (Phi) is 4.95. The number of anilines is 1. The van der Waals surface area contributed by atoms with Crippen LogP contribution < -0.4 is 10.2 Å². The summed E-state index contributed by atoms with van der Waals surface area (Å²) in [5.41, 5.74) is 0.423. The molecule has 0 radical (unpaired) electrons. The minimum Gasteiger partial charge on any atom is -0.391 e. The monoisotopic (exact) mass is 402 g/mol. The third kappa shape index (κ3) is 3.67. The molecule has 2 unspecified atom stereocenters. The Bertz CT molecular complexity index is 1030. The molecule has 2 atom stereocenters. The Morgan fingerprint density at radius 2 is 2.03 bits per heavy atom. The molecular formula is C20H24F2N6O. The van der Waals surface area contributed by atoms with E-state index in [4.69, 9.17) is 0 Å². The van der Waals surface area contributed by atoms with Crippen LogP contribution in [0.4, 0.5) is 14.6 Å². The van der Waals surface area contributed by atoms with E-state index in [0.717, 1.165) is 6.07 Å². The molecule has 9 heteroatoms. The lowest BCUT2D eigenvalue weighted by molar-refractivity contribution is 0.0278. The SMILES string of the molecule is CC(C)(C)C(O)C1CN(c2nc(-c3n[nH]c4ncccc34)c(F)cc2F)CCN1. The smallest absolute Gasteiger partial charge is 0.168 e. The molecule has 4 heterocycles. The number of H-pyrrole nitrogens is 1. The number of rotatable bonds is 3. The quantitative estimate of drug-likeness (QED) is 0.624. The molecular weight excluding hydrogens is 378 g/mol. The maximum Gasteiger partial charge on any atom is 0.168 e. The molecule has 0 aliphatic carbocycles. The molecule has 1 saturated heterocycles. The molecule has 0 aromatic carbocycles. The second-order valence-corrected chi connectivity index (χ2v) is 8.41. The van der Waals surface area contributed by atoms with Crippen molar-refractivity contribution in [1.82, 2.24) is 25.5 Å². The van der Waals surface area contributed by atoms with Crippen LogP contribution in [-0.4, -0.2) is 57.1 Å². The van der Waals surface area contributed by atoms with Crippen molar-refractivity contribution in [3.8, 4) is 11.4 Å². The van der Waals surface area contributed by atoms with Crippen LogP contribution in [0.15, 0.2) is 24.4 Å². The molecule has 154 valence electrons. The lowest BCUT2D eigenvalue weighted by Crippen LogP contribution is -2.58. The van der Waals surface area contributed by atoms with E-state index in [-0.39, 0.29) is 28.7 Å². The number of piperazine rings is 1. The van der Waals surface area contributed by atoms with Crippen LogP contribution >= 0.6 is 0 Å². The largest absolute Gasteiger partial charge is 0.391 e. The lowest BCUT2D eigenvalue weighted by Gasteiger charge is -2.40. The second kappa shape index (κ2) is 7.31. The molecule has 1 aliphatic rings. The van der Waals surface area contributed by atoms with Crippen LogP contribution in [0.3, 0.4) is 0 Å². The van der Waals surface area contributed by atoms with Gasteiger partial charge in [-0.1, -0.05) is 20.8 Å². The van der Waals surface area contributed by atoms with E-state index in [1.807, 2.05) is 20.8 Å². The lowest BCUT2D eigenvalue weighted by atomic mass is 9.84. The number of nitrogens with one attached hydrogen (secondary N) is 2. The zero-order valence-corrected chi connectivity index (χ0v) is 16.6. The van der Waals surface area contributed by atoms with E-state index in [2.05, 4.69) is 25.5 Å². The van der Waals surface area contributed by atoms with Gasteiger partial charge in [-0.05, 0) is 17.5 Å². The van der Waals surface area contributed by atoms with Crippen LogP contribution in [0.5, 0.6) is 0 Å². The summed E-state index contributed by atoms with van der Waals surface area (Å²) in [6, 6.07) is 4.06. The standard InChI is InChI=1S/C20H24F2N6O/c1-20(2,3)17(29)14-10-28(8-7-23-14)19-13(22)9-12(21)16(25-19)15-11-5-4-6-24-18(11)27-26-15/h4-6,9,14,17,23,29H,7-8,10H2,1-3H3,(H,24,26,27). The molecule has 3 aromatic rings. The Morgan fingerprint density at radius 3 is 2.79 bits per heavy atom. The van der Waals surface area contributed by atoms with Gasteiger partial charge in [-0.15, -0.1) is 0 Å². The van der Waals surface area contributed by atoms with Crippen molar-refractivity contribution in [1.29, 1.82) is 0 Å². The number of aromatic nitrogens is 4. The molecule has 29 heavy (non-hydrogen) atoms. The molecule has 3 N–H and O–H groups in total. The zero-order chi connectivity index (χ0) is 20.8. The van der Waals surface area contributed by atoms with Gasteiger partial charge in [0.25, 0.3) is 0 Å². The first-order valence-electron chi connectivity index (χ1n) is 9.57. The van der Waals surface area contributed by atoms with Crippen molar-refractivity contribution < 1.29 is 13.9 Å². The first-order valence-corrected chi connectivity index (χ1v) is 9.57. The number of aliphatic hydroxyl groups excluding tert-OH is 1. The third-order valence-corrected chi connectivity index (χ3v) is 5.25. The summed E-state index contributed by atoms with van der Waals surface area (Å²) in [6.07, 6.45) is 0.973. The van der Waals surface area contributed by atoms with Crippen molar-refractivity contribution >= 4 is 16.9 Å². The summed E-state index contributed by atoms with van der Waals surface area (Å²) in [5.74, 6) is -1.48. The average Bonchev–Trinajstić information content (AvgIpc) is 3.11. The molecule has 1 aliphatic heterocycles. The minimum atomic E-state index is -0.787. The summed E-state index contributed by atoms with van der Waals surface area (Å²) in [5, 5.41) is 21.4. The summed E-state index contributed by atoms with van der Waals surface area (Å²) in [7, 11) is 0. The zero-order valence-electron chi connectivity index (χ0n) is 16.6. The Morgan fingerprint density at radius 1 is 1.24 bits per heavy atom. The average molecular weight is 402 g/mol. The molecule has 0 bridgehead atoms. The van der Waals surface area contributed by atoms with Gasteiger partial charge < -0.3 is 15.3 Å². The third-order valence-electron chi connectivity index (χ3n) is 5.25. The van der Waals surface area contributed by atoms with E-state index in [1.165, 1.54) is 0 Å². The highest BCUT2D eigenvalue weighted by molar-refractivity contribution is 5.89. The summed E-state index contributed by atoms with van der Waals surface area (Å²) < 4.78 is 29.3. The maximum atomic E-state index is 14.7. The number of hydrogen-bond donors (Lipinski definition) is 3. The molecule has 0 saturated carbocycles. The number of fused-ring (bicyclic) bond motifs is 1. The Hall–Kier alpha value is -2.65. The topological polar surface area (TPSA) is 90.0 Å². The predicted molar refractivity (Wildman–Crippen MR) is 107 cm³/mol. The fourth-order valence-corrected chi connectivity index (χ4v) is 3.67. The fraction of sp³-hybridized carbons (Fsp3) is 0.450. The van der Waals surface area contributed by atoms with E-state index >= 15 is 0 Å². The van der Waals surface area contributed by atoms with Crippen LogP contribution in [0, 0.1) is 17.0 Å². The molecule has 0 spiro atoms. The Labute approximate surface area is 167 Å². The number of pyridine rings is 2. The number of aliphatic hydroxyl groups is 1. The van der Waals surface area contributed by atoms with Gasteiger partial charge in [0.05, 0.1) is 12.1 Å². The molecule has 0 amide bonds. The van der Waals surface area contributed by atoms with E-state index in [0.29, 0.717) is 30.7 Å². The van der Waals surface area contributed by atoms with Gasteiger partial charge in [-0.25, -0.2) is 18.7 Å². The van der Waals surface area contributed by atoms with Gasteiger partial charge in [0.15, 0.2) is 23.1 Å². The van der Waals surface area contributed by atoms with Gasteiger partial charge in [0, 0.05) is 37.3 Å². The summed E-state index contributed by atoms with van der Waals surface area (Å²) in [6.45, 7) is 7.25. The highest BCUT2D eigenvalue weighted by atomic mass is 19.1. The van der Waals surface area contributed by atoms with Crippen LogP contribution in [0.1, 0.15) is 20.8 Å². The predicted octanol–water partition coefficient (Wildman–Crippen LogP) is 2.48. The molecule has 3 aromatic heterocycles. The normalized spacial score (nSPS) is 19.0. The first-order chi connectivity index (χ1) is 13.8. The molecule has 1 fully saturated rings. The van der Waals surface area contributed by atoms with Crippen molar-refractivity contribution in [3.63, 3.8) is 0 Å². The van der Waals surface area contributed by atoms with Crippen molar-refractivity contribution in [3.05, 3.63) is 36.0 Å². The fourth-order valence-electron chi connectivity index (χ4n) is 3.67. The van der Waals surface area contributed by atoms with Gasteiger partial charge in [-0.2, -0.15) is 5.10 Å². The Balaban J connectivity index is 1.71. The number of hydrogen-bond acceptors (Lipinski definition) is 6. The maximum absolute atomic E-state index is 14.7. The van der Waals surface area contributed by atoms with Crippen LogP contribution in [0.2, 0.25) is 0 Å². The highest BCUT2D eigenvalue weighted by Gasteiger charge is 2.34. The van der Waals surface area contributed by atoms with Gasteiger partial charge in [-0.3, -0.25) is 5.10 Å². The molecule has 7 nitrogen and oxygen atoms in total. The minimum absolute atomic E-state index is 0.0351. The van der Waals surface area contributed by atoms with Crippen molar-refractivity contribution in [2.45, 2.75) is 32.9 Å². The summed E-state index contributed by atoms with van der Waals surface area (Å²) >= 11 is 0. The van der Waals surface area contributed by atoms with Crippen molar-refractivity contribution in [2.75, 3.05) is 24.5 Å². The number of halogens is 2. The highest BCUT2D eigenvalue weighted by Crippen LogP contribution is 2.31. The number of nitrogens with zero attached hydrogens (tertiary/aromatic N) is 4. The van der Waals surface area contributed by atoms with E-state index in [9.17, 15) is 13.9 Å². The second-order valence-electron chi connectivity index (χ2n) is 8.41. The van der Waals surface area contributed by atoms with Gasteiger partial charge in [0.1, 0.15) is 11.4 Å². The molecule has 4 rings (SSSR count). The van der Waals surface area contributed by atoms with Crippen LogP contribution in [0.25, 0.3) is 22.4 Å². The van der Waals surface area contributed by atoms with Crippen molar-refractivity contribution in [2.24, 2.45) is 5.41 Å². The summed E-state index contributed by atoms with van der Waals surface area (Å²) in [4.78, 5) is 10.2. The van der Waals surface area contributed by atoms with Gasteiger partial charge >= 0.3 is 0 Å². The number of aromatic amines is 1. The van der Waals surface area contributed by atoms with E-state index < -0.39 is 17.7 Å². The van der Waals surface area contributed by atoms with E-state index in [1.54, 1.807) is 23.2 Å². The van der Waals surface area contributed by atoms with Crippen LogP contribution in [-0.2, 0) is 0 Å². The first kappa shape index (κ1) is 19.7.